The van der Waals surface area contributed by atoms with Gasteiger partial charge in [-0.15, -0.1) is 0 Å². The number of ether oxygens (including phenoxy) is 2. The second kappa shape index (κ2) is 6.16. The fraction of sp³-hybridized carbons (Fsp3) is 0.643. The number of nitrogens with zero attached hydrogens (tertiary/aromatic N) is 1. The van der Waals surface area contributed by atoms with Crippen molar-refractivity contribution in [3.63, 3.8) is 0 Å². The van der Waals surface area contributed by atoms with Gasteiger partial charge in [-0.2, -0.15) is 0 Å². The first kappa shape index (κ1) is 13.3. The summed E-state index contributed by atoms with van der Waals surface area (Å²) in [6.07, 6.45) is 4.49. The van der Waals surface area contributed by atoms with Crippen LogP contribution in [0.4, 0.5) is 0 Å². The second-order valence-electron chi connectivity index (χ2n) is 4.83. The van der Waals surface area contributed by atoms with Crippen LogP contribution < -0.4 is 10.1 Å². The highest BCUT2D eigenvalue weighted by atomic mass is 16.5. The molecule has 18 heavy (non-hydrogen) atoms. The van der Waals surface area contributed by atoms with Gasteiger partial charge >= 0.3 is 0 Å². The highest BCUT2D eigenvalue weighted by Gasteiger charge is 2.15. The van der Waals surface area contributed by atoms with Crippen LogP contribution >= 0.6 is 0 Å². The number of rotatable bonds is 4. The molecule has 0 saturated carbocycles. The summed E-state index contributed by atoms with van der Waals surface area (Å²) in [6.45, 7) is 6.66. The molecule has 1 aromatic rings. The molecule has 0 bridgehead atoms. The Balaban J connectivity index is 2.00. The van der Waals surface area contributed by atoms with E-state index in [2.05, 4.69) is 10.3 Å². The number of pyridine rings is 1. The van der Waals surface area contributed by atoms with E-state index in [9.17, 15) is 0 Å². The maximum Gasteiger partial charge on any atom is 0.128 e. The van der Waals surface area contributed by atoms with Crippen LogP contribution in [0.3, 0.4) is 0 Å². The van der Waals surface area contributed by atoms with Crippen molar-refractivity contribution in [1.29, 1.82) is 0 Å². The first-order chi connectivity index (χ1) is 8.72. The quantitative estimate of drug-likeness (QED) is 0.887. The van der Waals surface area contributed by atoms with Gasteiger partial charge in [0, 0.05) is 23.9 Å². The number of hydrogen-bond donors (Lipinski definition) is 1. The molecule has 1 aromatic heterocycles. The van der Waals surface area contributed by atoms with Crippen molar-refractivity contribution >= 4 is 0 Å². The average Bonchev–Trinajstić information content (AvgIpc) is 2.40. The van der Waals surface area contributed by atoms with Crippen molar-refractivity contribution in [1.82, 2.24) is 10.3 Å². The average molecular weight is 250 g/mol. The maximum atomic E-state index is 5.91. The van der Waals surface area contributed by atoms with E-state index in [0.29, 0.717) is 12.7 Å². The minimum Gasteiger partial charge on any atom is -0.496 e. The molecule has 1 fully saturated rings. The summed E-state index contributed by atoms with van der Waals surface area (Å²) in [5.41, 5.74) is 3.13. The Labute approximate surface area is 109 Å². The second-order valence-corrected chi connectivity index (χ2v) is 4.83. The largest absolute Gasteiger partial charge is 0.496 e. The molecule has 4 heteroatoms. The number of piperidine rings is 1. The molecule has 0 radical (unpaired) electrons. The highest BCUT2D eigenvalue weighted by molar-refractivity contribution is 5.40. The molecular weight excluding hydrogens is 228 g/mol. The Bertz CT molecular complexity index is 401. The third kappa shape index (κ3) is 3.00. The predicted octanol–water partition coefficient (Wildman–Crippen LogP) is 1.98. The summed E-state index contributed by atoms with van der Waals surface area (Å²) in [5.74, 6) is 0.922. The Kier molecular flexibility index (Phi) is 4.55. The lowest BCUT2D eigenvalue weighted by atomic mass is 10.1. The zero-order valence-electron chi connectivity index (χ0n) is 11.5. The molecule has 1 N–H and O–H groups in total. The van der Waals surface area contributed by atoms with Crippen LogP contribution in [0.5, 0.6) is 5.75 Å². The SMILES string of the molecule is COc1c(C)cnc(CO[C@H]2CCCNC2)c1C. The van der Waals surface area contributed by atoms with Crippen molar-refractivity contribution in [2.75, 3.05) is 20.2 Å². The van der Waals surface area contributed by atoms with Gasteiger partial charge in [-0.05, 0) is 33.2 Å². The van der Waals surface area contributed by atoms with Gasteiger partial charge in [0.05, 0.1) is 25.5 Å². The van der Waals surface area contributed by atoms with Crippen LogP contribution in [0, 0.1) is 13.8 Å². The summed E-state index contributed by atoms with van der Waals surface area (Å²) >= 11 is 0. The maximum absolute atomic E-state index is 5.91. The van der Waals surface area contributed by atoms with Crippen molar-refractivity contribution in [3.8, 4) is 5.75 Å². The van der Waals surface area contributed by atoms with Crippen LogP contribution in [0.2, 0.25) is 0 Å². The van der Waals surface area contributed by atoms with E-state index in [1.807, 2.05) is 20.0 Å². The number of nitrogens with one attached hydrogen (secondary N) is 1. The van der Waals surface area contributed by atoms with Gasteiger partial charge in [0.15, 0.2) is 0 Å². The number of hydrogen-bond acceptors (Lipinski definition) is 4. The number of aryl methyl sites for hydroxylation is 1. The van der Waals surface area contributed by atoms with E-state index in [4.69, 9.17) is 9.47 Å². The van der Waals surface area contributed by atoms with E-state index < -0.39 is 0 Å². The van der Waals surface area contributed by atoms with Crippen LogP contribution in [-0.4, -0.2) is 31.3 Å². The zero-order chi connectivity index (χ0) is 13.0. The smallest absolute Gasteiger partial charge is 0.128 e. The predicted molar refractivity (Wildman–Crippen MR) is 70.9 cm³/mol. The van der Waals surface area contributed by atoms with Gasteiger partial charge in [-0.25, -0.2) is 0 Å². The Hall–Kier alpha value is -1.13. The van der Waals surface area contributed by atoms with E-state index in [0.717, 1.165) is 42.1 Å². The number of aromatic nitrogens is 1. The first-order valence-corrected chi connectivity index (χ1v) is 6.53. The minimum atomic E-state index is 0.312. The highest BCUT2D eigenvalue weighted by Crippen LogP contribution is 2.24. The van der Waals surface area contributed by atoms with Gasteiger partial charge in [-0.1, -0.05) is 0 Å². The Morgan fingerprint density at radius 1 is 1.44 bits per heavy atom. The van der Waals surface area contributed by atoms with E-state index in [-0.39, 0.29) is 0 Å². The molecule has 0 spiro atoms. The van der Waals surface area contributed by atoms with Gasteiger partial charge in [0.1, 0.15) is 5.75 Å². The third-order valence-electron chi connectivity index (χ3n) is 3.46. The summed E-state index contributed by atoms with van der Waals surface area (Å²) in [5, 5.41) is 3.35. The number of methoxy groups -OCH3 is 1. The topological polar surface area (TPSA) is 43.4 Å². The monoisotopic (exact) mass is 250 g/mol. The summed E-state index contributed by atoms with van der Waals surface area (Å²) in [6, 6.07) is 0. The molecule has 0 unspecified atom stereocenters. The fourth-order valence-electron chi connectivity index (χ4n) is 2.38. The molecule has 0 aromatic carbocycles. The molecule has 1 atom stereocenters. The molecule has 100 valence electrons. The summed E-state index contributed by atoms with van der Waals surface area (Å²) in [4.78, 5) is 4.45. The fourth-order valence-corrected chi connectivity index (χ4v) is 2.38. The molecule has 1 aliphatic heterocycles. The van der Waals surface area contributed by atoms with Crippen LogP contribution in [-0.2, 0) is 11.3 Å². The lowest BCUT2D eigenvalue weighted by Crippen LogP contribution is -2.35. The van der Waals surface area contributed by atoms with Crippen molar-refractivity contribution in [2.45, 2.75) is 39.4 Å². The van der Waals surface area contributed by atoms with Gasteiger partial charge < -0.3 is 14.8 Å². The molecular formula is C14H22N2O2. The van der Waals surface area contributed by atoms with Crippen LogP contribution in [0.25, 0.3) is 0 Å². The van der Waals surface area contributed by atoms with Gasteiger partial charge in [0.2, 0.25) is 0 Å². The van der Waals surface area contributed by atoms with E-state index in [1.54, 1.807) is 7.11 Å². The van der Waals surface area contributed by atoms with Crippen molar-refractivity contribution < 1.29 is 9.47 Å². The summed E-state index contributed by atoms with van der Waals surface area (Å²) < 4.78 is 11.3. The van der Waals surface area contributed by atoms with E-state index in [1.165, 1.54) is 6.42 Å². The standard InChI is InChI=1S/C14H22N2O2/c1-10-7-16-13(11(2)14(10)17-3)9-18-12-5-4-6-15-8-12/h7,12,15H,4-6,8-9H2,1-3H3/t12-/m0/s1. The van der Waals surface area contributed by atoms with Crippen molar-refractivity contribution in [2.24, 2.45) is 0 Å². The normalized spacial score (nSPS) is 19.8. The van der Waals surface area contributed by atoms with Gasteiger partial charge in [0.25, 0.3) is 0 Å². The lowest BCUT2D eigenvalue weighted by molar-refractivity contribution is 0.0232. The lowest BCUT2D eigenvalue weighted by Gasteiger charge is -2.23. The molecule has 2 rings (SSSR count). The molecule has 0 aliphatic carbocycles. The molecule has 2 heterocycles. The molecule has 0 amide bonds. The molecule has 1 saturated heterocycles. The third-order valence-corrected chi connectivity index (χ3v) is 3.46. The van der Waals surface area contributed by atoms with Gasteiger partial charge in [-0.3, -0.25) is 4.98 Å². The molecule has 4 nitrogen and oxygen atoms in total. The zero-order valence-corrected chi connectivity index (χ0v) is 11.5. The summed E-state index contributed by atoms with van der Waals surface area (Å²) in [7, 11) is 1.70. The van der Waals surface area contributed by atoms with Crippen LogP contribution in [0.15, 0.2) is 6.20 Å². The van der Waals surface area contributed by atoms with Crippen LogP contribution in [0.1, 0.15) is 29.7 Å². The minimum absolute atomic E-state index is 0.312. The van der Waals surface area contributed by atoms with E-state index >= 15 is 0 Å². The molecule has 1 aliphatic rings. The van der Waals surface area contributed by atoms with Crippen molar-refractivity contribution in [3.05, 3.63) is 23.0 Å². The Morgan fingerprint density at radius 3 is 2.94 bits per heavy atom. The Morgan fingerprint density at radius 2 is 2.28 bits per heavy atom. The first-order valence-electron chi connectivity index (χ1n) is 6.53.